The number of aromatic nitrogens is 3. The van der Waals surface area contributed by atoms with Gasteiger partial charge in [0, 0.05) is 17.7 Å². The molecule has 72 valence electrons. The summed E-state index contributed by atoms with van der Waals surface area (Å²) >= 11 is 5.83. The lowest BCUT2D eigenvalue weighted by Gasteiger charge is -1.99. The van der Waals surface area contributed by atoms with Crippen LogP contribution < -0.4 is 0 Å². The number of alkyl halides is 1. The van der Waals surface area contributed by atoms with Gasteiger partial charge < -0.3 is 0 Å². The Morgan fingerprint density at radius 1 is 1.43 bits per heavy atom. The summed E-state index contributed by atoms with van der Waals surface area (Å²) in [7, 11) is 0. The molecule has 0 aromatic carbocycles. The lowest BCUT2D eigenvalue weighted by Crippen LogP contribution is -1.93. The summed E-state index contributed by atoms with van der Waals surface area (Å²) in [5.41, 5.74) is 1.96. The van der Waals surface area contributed by atoms with Gasteiger partial charge >= 0.3 is 0 Å². The van der Waals surface area contributed by atoms with Crippen LogP contribution in [-0.2, 0) is 5.88 Å². The average Bonchev–Trinajstić information content (AvgIpc) is 2.97. The SMILES string of the molecule is ClCc1cccn2c(C3CC3)nnc12. The Balaban J connectivity index is 2.25. The van der Waals surface area contributed by atoms with Gasteiger partial charge in [-0.15, -0.1) is 21.8 Å². The van der Waals surface area contributed by atoms with Crippen LogP contribution >= 0.6 is 11.6 Å². The normalized spacial score (nSPS) is 16.4. The summed E-state index contributed by atoms with van der Waals surface area (Å²) in [6, 6.07) is 3.99. The first-order valence-corrected chi connectivity index (χ1v) is 5.32. The minimum Gasteiger partial charge on any atom is -0.286 e. The summed E-state index contributed by atoms with van der Waals surface area (Å²) in [6.07, 6.45) is 4.50. The first-order chi connectivity index (χ1) is 6.90. The van der Waals surface area contributed by atoms with Crippen molar-refractivity contribution in [1.82, 2.24) is 14.6 Å². The molecule has 3 rings (SSSR count). The predicted octanol–water partition coefficient (Wildman–Crippen LogP) is 2.35. The Hall–Kier alpha value is -1.09. The lowest BCUT2D eigenvalue weighted by molar-refractivity contribution is 0.897. The van der Waals surface area contributed by atoms with Gasteiger partial charge in [0.05, 0.1) is 5.88 Å². The van der Waals surface area contributed by atoms with E-state index in [0.29, 0.717) is 11.8 Å². The number of fused-ring (bicyclic) bond motifs is 1. The van der Waals surface area contributed by atoms with Crippen LogP contribution in [0, 0.1) is 0 Å². The number of halogens is 1. The molecule has 1 aliphatic carbocycles. The van der Waals surface area contributed by atoms with Crippen LogP contribution in [0.25, 0.3) is 5.65 Å². The fourth-order valence-corrected chi connectivity index (χ4v) is 1.92. The molecule has 0 atom stereocenters. The largest absolute Gasteiger partial charge is 0.286 e. The van der Waals surface area contributed by atoms with Crippen molar-refractivity contribution in [3.8, 4) is 0 Å². The monoisotopic (exact) mass is 207 g/mol. The smallest absolute Gasteiger partial charge is 0.165 e. The maximum absolute atomic E-state index is 5.83. The molecule has 0 bridgehead atoms. The maximum Gasteiger partial charge on any atom is 0.165 e. The lowest BCUT2D eigenvalue weighted by atomic mass is 10.3. The minimum atomic E-state index is 0.493. The third-order valence-electron chi connectivity index (χ3n) is 2.63. The highest BCUT2D eigenvalue weighted by Gasteiger charge is 2.28. The van der Waals surface area contributed by atoms with Crippen LogP contribution in [0.1, 0.15) is 30.1 Å². The van der Waals surface area contributed by atoms with Crippen molar-refractivity contribution < 1.29 is 0 Å². The van der Waals surface area contributed by atoms with Gasteiger partial charge in [-0.05, 0) is 18.9 Å². The molecule has 2 aromatic heterocycles. The number of hydrogen-bond acceptors (Lipinski definition) is 2. The van der Waals surface area contributed by atoms with Crippen LogP contribution in [0.5, 0.6) is 0 Å². The number of nitrogens with zero attached hydrogens (tertiary/aromatic N) is 3. The van der Waals surface area contributed by atoms with Gasteiger partial charge in [-0.25, -0.2) is 0 Å². The first kappa shape index (κ1) is 8.24. The van der Waals surface area contributed by atoms with Gasteiger partial charge in [0.2, 0.25) is 0 Å². The quantitative estimate of drug-likeness (QED) is 0.708. The topological polar surface area (TPSA) is 30.2 Å². The number of pyridine rings is 1. The minimum absolute atomic E-state index is 0.493. The van der Waals surface area contributed by atoms with Gasteiger partial charge in [0.25, 0.3) is 0 Å². The summed E-state index contributed by atoms with van der Waals surface area (Å²) < 4.78 is 2.06. The van der Waals surface area contributed by atoms with E-state index in [4.69, 9.17) is 11.6 Å². The highest BCUT2D eigenvalue weighted by Crippen LogP contribution is 2.39. The van der Waals surface area contributed by atoms with Gasteiger partial charge in [-0.2, -0.15) is 0 Å². The highest BCUT2D eigenvalue weighted by atomic mass is 35.5. The molecule has 1 fully saturated rings. The van der Waals surface area contributed by atoms with Crippen LogP contribution in [0.15, 0.2) is 18.3 Å². The van der Waals surface area contributed by atoms with Crippen molar-refractivity contribution in [1.29, 1.82) is 0 Å². The molecular formula is C10H10ClN3. The molecule has 0 aliphatic heterocycles. The molecule has 2 heterocycles. The van der Waals surface area contributed by atoms with Crippen LogP contribution in [-0.4, -0.2) is 14.6 Å². The van der Waals surface area contributed by atoms with E-state index in [2.05, 4.69) is 14.6 Å². The second-order valence-electron chi connectivity index (χ2n) is 3.69. The summed E-state index contributed by atoms with van der Waals surface area (Å²) in [6.45, 7) is 0. The molecule has 0 N–H and O–H groups in total. The third kappa shape index (κ3) is 1.12. The van der Waals surface area contributed by atoms with E-state index in [9.17, 15) is 0 Å². The van der Waals surface area contributed by atoms with Gasteiger partial charge in [-0.3, -0.25) is 4.40 Å². The Kier molecular flexibility index (Phi) is 1.74. The van der Waals surface area contributed by atoms with E-state index in [-0.39, 0.29) is 0 Å². The van der Waals surface area contributed by atoms with Crippen molar-refractivity contribution >= 4 is 17.2 Å². The molecule has 0 radical (unpaired) electrons. The third-order valence-corrected chi connectivity index (χ3v) is 2.92. The molecule has 3 nitrogen and oxygen atoms in total. The van der Waals surface area contributed by atoms with E-state index in [1.54, 1.807) is 0 Å². The summed E-state index contributed by atoms with van der Waals surface area (Å²) in [5, 5.41) is 8.40. The van der Waals surface area contributed by atoms with Crippen LogP contribution in [0.2, 0.25) is 0 Å². The van der Waals surface area contributed by atoms with Crippen LogP contribution in [0.3, 0.4) is 0 Å². The zero-order valence-corrected chi connectivity index (χ0v) is 8.41. The Morgan fingerprint density at radius 3 is 3.00 bits per heavy atom. The average molecular weight is 208 g/mol. The van der Waals surface area contributed by atoms with E-state index < -0.39 is 0 Å². The molecule has 0 unspecified atom stereocenters. The molecule has 2 aromatic rings. The van der Waals surface area contributed by atoms with Crippen molar-refractivity contribution in [3.63, 3.8) is 0 Å². The summed E-state index contributed by atoms with van der Waals surface area (Å²) in [5.74, 6) is 2.20. The molecule has 0 saturated heterocycles. The van der Waals surface area contributed by atoms with Crippen molar-refractivity contribution in [2.45, 2.75) is 24.6 Å². The van der Waals surface area contributed by atoms with E-state index in [0.717, 1.165) is 17.0 Å². The molecule has 0 amide bonds. The Morgan fingerprint density at radius 2 is 2.29 bits per heavy atom. The Labute approximate surface area is 86.7 Å². The fraction of sp³-hybridized carbons (Fsp3) is 0.400. The Bertz CT molecular complexity index is 473. The van der Waals surface area contributed by atoms with Gasteiger partial charge in [0.1, 0.15) is 5.82 Å². The standard InChI is InChI=1S/C10H10ClN3/c11-6-8-2-1-5-14-9(7-3-4-7)12-13-10(8)14/h1-2,5,7H,3-4,6H2. The van der Waals surface area contributed by atoms with E-state index in [1.807, 2.05) is 18.3 Å². The molecule has 0 spiro atoms. The van der Waals surface area contributed by atoms with Crippen LogP contribution in [0.4, 0.5) is 0 Å². The second kappa shape index (κ2) is 2.95. The molecule has 1 saturated carbocycles. The van der Waals surface area contributed by atoms with Gasteiger partial charge in [-0.1, -0.05) is 6.07 Å². The summed E-state index contributed by atoms with van der Waals surface area (Å²) in [4.78, 5) is 0. The highest BCUT2D eigenvalue weighted by molar-refractivity contribution is 6.17. The number of hydrogen-bond donors (Lipinski definition) is 0. The van der Waals surface area contributed by atoms with E-state index >= 15 is 0 Å². The molecule has 14 heavy (non-hydrogen) atoms. The fourth-order valence-electron chi connectivity index (χ4n) is 1.71. The predicted molar refractivity (Wildman–Crippen MR) is 54.5 cm³/mol. The molecule has 1 aliphatic rings. The second-order valence-corrected chi connectivity index (χ2v) is 3.96. The molecule has 4 heteroatoms. The molecular weight excluding hydrogens is 198 g/mol. The number of rotatable bonds is 2. The van der Waals surface area contributed by atoms with Crippen molar-refractivity contribution in [3.05, 3.63) is 29.7 Å². The zero-order chi connectivity index (χ0) is 9.54. The first-order valence-electron chi connectivity index (χ1n) is 4.78. The van der Waals surface area contributed by atoms with E-state index in [1.165, 1.54) is 12.8 Å². The van der Waals surface area contributed by atoms with Crippen molar-refractivity contribution in [2.75, 3.05) is 0 Å². The van der Waals surface area contributed by atoms with Gasteiger partial charge in [0.15, 0.2) is 5.65 Å². The zero-order valence-electron chi connectivity index (χ0n) is 7.65. The van der Waals surface area contributed by atoms with Crippen molar-refractivity contribution in [2.24, 2.45) is 0 Å². The maximum atomic E-state index is 5.83.